The maximum atomic E-state index is 14.7. The van der Waals surface area contributed by atoms with Gasteiger partial charge in [0.15, 0.2) is 11.3 Å². The van der Waals surface area contributed by atoms with Crippen molar-refractivity contribution in [3.8, 4) is 22.8 Å². The van der Waals surface area contributed by atoms with Gasteiger partial charge in [0, 0.05) is 34.2 Å². The lowest BCUT2D eigenvalue weighted by molar-refractivity contribution is -0.268. The van der Waals surface area contributed by atoms with Crippen molar-refractivity contribution in [3.05, 3.63) is 82.9 Å². The molecule has 0 radical (unpaired) electrons. The van der Waals surface area contributed by atoms with Gasteiger partial charge in [-0.3, -0.25) is 4.79 Å². The van der Waals surface area contributed by atoms with Crippen LogP contribution in [0.1, 0.15) is 27.3 Å². The average Bonchev–Trinajstić information content (AvgIpc) is 3.29. The molecule has 0 aliphatic carbocycles. The van der Waals surface area contributed by atoms with Gasteiger partial charge in [-0.05, 0) is 48.5 Å². The van der Waals surface area contributed by atoms with E-state index in [1.807, 2.05) is 0 Å². The number of alkyl halides is 6. The molecule has 5 rings (SSSR count). The van der Waals surface area contributed by atoms with Crippen LogP contribution in [0.15, 0.2) is 54.6 Å². The number of rotatable bonds is 6. The summed E-state index contributed by atoms with van der Waals surface area (Å²) >= 11 is 0. The minimum Gasteiger partial charge on any atom is -0.494 e. The number of carbonyl (C=O) groups is 1. The van der Waals surface area contributed by atoms with E-state index in [2.05, 4.69) is 9.97 Å². The number of aliphatic hydroxyl groups is 1. The highest BCUT2D eigenvalue weighted by atomic mass is 19.4. The first-order valence-corrected chi connectivity index (χ1v) is 12.4. The zero-order valence-corrected chi connectivity index (χ0v) is 22.0. The highest BCUT2D eigenvalue weighted by molar-refractivity contribution is 5.99. The third-order valence-electron chi connectivity index (χ3n) is 7.17. The first kappa shape index (κ1) is 30.0. The molecular weight excluding hydrogens is 589 g/mol. The van der Waals surface area contributed by atoms with Crippen molar-refractivity contribution < 1.29 is 50.1 Å². The molecule has 1 aliphatic heterocycles. The minimum absolute atomic E-state index is 0.00630. The molecule has 0 saturated carbocycles. The van der Waals surface area contributed by atoms with Crippen LogP contribution in [0.3, 0.4) is 0 Å². The first-order valence-electron chi connectivity index (χ1n) is 12.4. The fraction of sp³-hybridized carbons (Fsp3) is 0.250. The third-order valence-corrected chi connectivity index (χ3v) is 7.17. The second kappa shape index (κ2) is 10.1. The molecular formula is C28H21F7N4O4. The van der Waals surface area contributed by atoms with E-state index in [0.717, 1.165) is 30.3 Å². The summed E-state index contributed by atoms with van der Waals surface area (Å²) in [5, 5.41) is 11.5. The van der Waals surface area contributed by atoms with Crippen LogP contribution in [0.25, 0.3) is 22.2 Å². The van der Waals surface area contributed by atoms with E-state index in [1.54, 1.807) is 0 Å². The molecule has 1 aliphatic rings. The number of primary amides is 1. The molecule has 15 heteroatoms. The Kier molecular flexibility index (Phi) is 7.01. The number of halogens is 7. The van der Waals surface area contributed by atoms with E-state index < -0.39 is 70.9 Å². The van der Waals surface area contributed by atoms with E-state index >= 15 is 0 Å². The predicted octanol–water partition coefficient (Wildman–Crippen LogP) is 4.64. The van der Waals surface area contributed by atoms with Crippen LogP contribution in [0.4, 0.5) is 30.7 Å². The van der Waals surface area contributed by atoms with Crippen molar-refractivity contribution in [1.29, 1.82) is 0 Å². The summed E-state index contributed by atoms with van der Waals surface area (Å²) in [5.41, 5.74) is 0.832. The molecule has 5 N–H and O–H groups in total. The molecule has 8 nitrogen and oxygen atoms in total. The van der Waals surface area contributed by atoms with Gasteiger partial charge in [0.05, 0.1) is 12.8 Å². The maximum Gasteiger partial charge on any atom is 0.423 e. The van der Waals surface area contributed by atoms with Crippen molar-refractivity contribution in [2.45, 2.75) is 29.9 Å². The molecule has 0 unspecified atom stereocenters. The van der Waals surface area contributed by atoms with E-state index in [-0.39, 0.29) is 33.5 Å². The molecule has 2 aromatic carbocycles. The topological polar surface area (TPSA) is 134 Å². The molecule has 43 heavy (non-hydrogen) atoms. The lowest BCUT2D eigenvalue weighted by Crippen LogP contribution is -2.52. The highest BCUT2D eigenvalue weighted by Crippen LogP contribution is 2.51. The standard InChI is InChI=1S/C28H21F7N4O4/c1-42-19-9-15(24(36)40)8-14-4-7-17(38-21(14)19)11-26(41,28(33,34)35)20-10-18-23(43-12-25(18,37)27(30,31)32)22(39-20)13-2-5-16(29)6-3-13/h2-10,41H,11-12,37H2,1H3,(H2,36,40)/t25-,26+/m1/s1. The number of nitrogens with two attached hydrogens (primary N) is 2. The van der Waals surface area contributed by atoms with Crippen LogP contribution in [0.5, 0.6) is 11.5 Å². The monoisotopic (exact) mass is 610 g/mol. The van der Waals surface area contributed by atoms with Gasteiger partial charge in [0.2, 0.25) is 11.5 Å². The summed E-state index contributed by atoms with van der Waals surface area (Å²) in [7, 11) is 1.23. The molecule has 4 aromatic rings. The van der Waals surface area contributed by atoms with Gasteiger partial charge in [-0.15, -0.1) is 0 Å². The Labute approximate surface area is 238 Å². The van der Waals surface area contributed by atoms with Crippen molar-refractivity contribution in [2.75, 3.05) is 13.7 Å². The van der Waals surface area contributed by atoms with Crippen molar-refractivity contribution in [2.24, 2.45) is 11.5 Å². The number of aromatic nitrogens is 2. The second-order valence-electron chi connectivity index (χ2n) is 9.95. The summed E-state index contributed by atoms with van der Waals surface area (Å²) in [6.45, 7) is -1.17. The van der Waals surface area contributed by atoms with Gasteiger partial charge in [-0.25, -0.2) is 14.4 Å². The maximum absolute atomic E-state index is 14.7. The van der Waals surface area contributed by atoms with Crippen LogP contribution in [-0.2, 0) is 17.6 Å². The number of pyridine rings is 2. The van der Waals surface area contributed by atoms with Crippen molar-refractivity contribution in [1.82, 2.24) is 9.97 Å². The fourth-order valence-corrected chi connectivity index (χ4v) is 4.76. The molecule has 0 fully saturated rings. The van der Waals surface area contributed by atoms with Crippen LogP contribution < -0.4 is 20.9 Å². The summed E-state index contributed by atoms with van der Waals surface area (Å²) in [5.74, 6) is -2.09. The quantitative estimate of drug-likeness (QED) is 0.271. The lowest BCUT2D eigenvalue weighted by atomic mass is 9.86. The van der Waals surface area contributed by atoms with E-state index in [4.69, 9.17) is 20.9 Å². The van der Waals surface area contributed by atoms with Gasteiger partial charge in [-0.2, -0.15) is 26.3 Å². The number of nitrogens with zero attached hydrogens (tertiary/aromatic N) is 2. The predicted molar refractivity (Wildman–Crippen MR) is 138 cm³/mol. The molecule has 0 spiro atoms. The number of fused-ring (bicyclic) bond motifs is 2. The molecule has 0 bridgehead atoms. The van der Waals surface area contributed by atoms with Gasteiger partial charge in [0.25, 0.3) is 0 Å². The van der Waals surface area contributed by atoms with Crippen molar-refractivity contribution >= 4 is 16.8 Å². The Hall–Kier alpha value is -4.50. The van der Waals surface area contributed by atoms with Gasteiger partial charge >= 0.3 is 12.4 Å². The Morgan fingerprint density at radius 3 is 2.30 bits per heavy atom. The summed E-state index contributed by atoms with van der Waals surface area (Å²) < 4.78 is 110. The highest BCUT2D eigenvalue weighted by Gasteiger charge is 2.61. The molecule has 226 valence electrons. The third kappa shape index (κ3) is 4.97. The van der Waals surface area contributed by atoms with E-state index in [0.29, 0.717) is 6.07 Å². The average molecular weight is 610 g/mol. The molecule has 3 heterocycles. The zero-order chi connectivity index (χ0) is 31.5. The largest absolute Gasteiger partial charge is 0.494 e. The number of amides is 1. The van der Waals surface area contributed by atoms with Crippen LogP contribution >= 0.6 is 0 Å². The first-order chi connectivity index (χ1) is 20.0. The van der Waals surface area contributed by atoms with E-state index in [9.17, 15) is 40.6 Å². The Morgan fingerprint density at radius 1 is 1.05 bits per heavy atom. The number of carbonyl (C=O) groups excluding carboxylic acids is 1. The SMILES string of the molecule is COc1cc(C(N)=O)cc2ccc(C[C@](O)(c3cc4c(c(-c5ccc(F)cc5)n3)OC[C@]4(N)C(F)(F)F)C(F)(F)F)nc12. The summed E-state index contributed by atoms with van der Waals surface area (Å²) in [6.07, 6.45) is -12.0. The van der Waals surface area contributed by atoms with Crippen molar-refractivity contribution in [3.63, 3.8) is 0 Å². The van der Waals surface area contributed by atoms with Gasteiger partial charge < -0.3 is 26.0 Å². The molecule has 2 aromatic heterocycles. The van der Waals surface area contributed by atoms with E-state index in [1.165, 1.54) is 25.3 Å². The number of benzene rings is 2. The summed E-state index contributed by atoms with van der Waals surface area (Å²) in [4.78, 5) is 19.7. The zero-order valence-electron chi connectivity index (χ0n) is 22.0. The molecule has 0 saturated heterocycles. The van der Waals surface area contributed by atoms with Gasteiger partial charge in [-0.1, -0.05) is 6.07 Å². The molecule has 1 amide bonds. The summed E-state index contributed by atoms with van der Waals surface area (Å²) in [6, 6.07) is 9.44. The Bertz CT molecular complexity index is 1740. The minimum atomic E-state index is -5.50. The van der Waals surface area contributed by atoms with Crippen LogP contribution in [0, 0.1) is 5.82 Å². The van der Waals surface area contributed by atoms with Crippen LogP contribution in [-0.4, -0.2) is 47.1 Å². The Balaban J connectivity index is 1.72. The fourth-order valence-electron chi connectivity index (χ4n) is 4.76. The number of hydrogen-bond acceptors (Lipinski definition) is 7. The number of ether oxygens (including phenoxy) is 2. The normalized spacial score (nSPS) is 18.2. The van der Waals surface area contributed by atoms with Gasteiger partial charge in [0.1, 0.15) is 29.4 Å². The Morgan fingerprint density at radius 2 is 1.72 bits per heavy atom. The smallest absolute Gasteiger partial charge is 0.423 e. The lowest BCUT2D eigenvalue weighted by Gasteiger charge is -2.32. The second-order valence-corrected chi connectivity index (χ2v) is 9.95. The number of methoxy groups -OCH3 is 1. The molecule has 2 atom stereocenters. The van der Waals surface area contributed by atoms with Crippen LogP contribution in [0.2, 0.25) is 0 Å². The number of hydrogen-bond donors (Lipinski definition) is 3.